The van der Waals surface area contributed by atoms with E-state index in [1.807, 2.05) is 30.3 Å². The van der Waals surface area contributed by atoms with E-state index in [4.69, 9.17) is 5.73 Å². The van der Waals surface area contributed by atoms with Crippen LogP contribution in [0.15, 0.2) is 48.5 Å². The number of benzene rings is 2. The van der Waals surface area contributed by atoms with Crippen LogP contribution in [0.3, 0.4) is 0 Å². The van der Waals surface area contributed by atoms with Gasteiger partial charge in [0.15, 0.2) is 0 Å². The monoisotopic (exact) mass is 253 g/mol. The lowest BCUT2D eigenvalue weighted by Gasteiger charge is -2.23. The average Bonchev–Trinajstić information content (AvgIpc) is 2.38. The summed E-state index contributed by atoms with van der Waals surface area (Å²) in [5, 5.41) is 0. The summed E-state index contributed by atoms with van der Waals surface area (Å²) < 4.78 is 0. The molecule has 0 fully saturated rings. The number of hydrogen-bond donors (Lipinski definition) is 1. The Balaban J connectivity index is 2.65. The van der Waals surface area contributed by atoms with E-state index in [-0.39, 0.29) is 11.3 Å². The Morgan fingerprint density at radius 1 is 1.00 bits per heavy atom. The van der Waals surface area contributed by atoms with Crippen molar-refractivity contribution in [3.8, 4) is 11.1 Å². The highest BCUT2D eigenvalue weighted by Crippen LogP contribution is 2.33. The summed E-state index contributed by atoms with van der Waals surface area (Å²) in [6.07, 6.45) is 0. The van der Waals surface area contributed by atoms with Gasteiger partial charge in [-0.2, -0.15) is 0 Å². The number of carbonyl (C=O) groups is 1. The first-order valence-corrected chi connectivity index (χ1v) is 6.39. The van der Waals surface area contributed by atoms with E-state index >= 15 is 0 Å². The van der Waals surface area contributed by atoms with Crippen molar-refractivity contribution >= 4 is 5.91 Å². The minimum atomic E-state index is -0.384. The summed E-state index contributed by atoms with van der Waals surface area (Å²) in [6.45, 7) is 6.42. The predicted molar refractivity (Wildman–Crippen MR) is 79.1 cm³/mol. The molecule has 0 unspecified atom stereocenters. The highest BCUT2D eigenvalue weighted by Gasteiger charge is 2.20. The number of hydrogen-bond acceptors (Lipinski definition) is 1. The van der Waals surface area contributed by atoms with Gasteiger partial charge >= 0.3 is 0 Å². The van der Waals surface area contributed by atoms with Crippen molar-refractivity contribution in [3.05, 3.63) is 59.7 Å². The molecule has 0 atom stereocenters. The molecular weight excluding hydrogens is 234 g/mol. The van der Waals surface area contributed by atoms with Gasteiger partial charge in [-0.05, 0) is 34.2 Å². The Labute approximate surface area is 114 Å². The second-order valence-electron chi connectivity index (χ2n) is 5.74. The maximum absolute atomic E-state index is 11.4. The molecule has 0 aromatic heterocycles. The van der Waals surface area contributed by atoms with Crippen LogP contribution in [0.25, 0.3) is 11.1 Å². The first-order valence-electron chi connectivity index (χ1n) is 6.39. The second kappa shape index (κ2) is 4.88. The van der Waals surface area contributed by atoms with Gasteiger partial charge in [0.1, 0.15) is 0 Å². The summed E-state index contributed by atoms with van der Waals surface area (Å²) in [6, 6.07) is 15.9. The van der Waals surface area contributed by atoms with Crippen molar-refractivity contribution in [2.75, 3.05) is 0 Å². The zero-order valence-electron chi connectivity index (χ0n) is 11.6. The molecule has 0 aliphatic carbocycles. The number of carbonyl (C=O) groups excluding carboxylic acids is 1. The van der Waals surface area contributed by atoms with E-state index in [0.29, 0.717) is 5.56 Å². The predicted octanol–water partition coefficient (Wildman–Crippen LogP) is 3.75. The minimum Gasteiger partial charge on any atom is -0.366 e. The molecule has 0 heterocycles. The molecule has 0 bridgehead atoms. The molecule has 0 aliphatic rings. The first-order chi connectivity index (χ1) is 8.89. The van der Waals surface area contributed by atoms with Gasteiger partial charge in [0, 0.05) is 5.56 Å². The molecule has 2 N–H and O–H groups in total. The third-order valence-corrected chi connectivity index (χ3v) is 3.20. The van der Waals surface area contributed by atoms with Crippen molar-refractivity contribution in [1.29, 1.82) is 0 Å². The molecule has 0 saturated carbocycles. The quantitative estimate of drug-likeness (QED) is 0.870. The van der Waals surface area contributed by atoms with Gasteiger partial charge in [-0.15, -0.1) is 0 Å². The minimum absolute atomic E-state index is 0.0450. The van der Waals surface area contributed by atoms with Crippen molar-refractivity contribution in [2.24, 2.45) is 5.73 Å². The van der Waals surface area contributed by atoms with Crippen LogP contribution in [-0.4, -0.2) is 5.91 Å². The second-order valence-corrected chi connectivity index (χ2v) is 5.74. The lowest BCUT2D eigenvalue weighted by atomic mass is 9.81. The highest BCUT2D eigenvalue weighted by molar-refractivity contribution is 5.94. The molecule has 2 aromatic carbocycles. The number of primary amides is 1. The molecule has 2 rings (SSSR count). The largest absolute Gasteiger partial charge is 0.366 e. The van der Waals surface area contributed by atoms with Crippen LogP contribution in [0.1, 0.15) is 36.7 Å². The molecule has 0 spiro atoms. The van der Waals surface area contributed by atoms with Gasteiger partial charge in [-0.3, -0.25) is 4.79 Å². The standard InChI is InChI=1S/C17H19NO/c1-17(2,3)15-11-13(16(18)19)9-10-14(15)12-7-5-4-6-8-12/h4-11H,1-3H3,(H2,18,19). The maximum atomic E-state index is 11.4. The Bertz CT molecular complexity index is 594. The van der Waals surface area contributed by atoms with Gasteiger partial charge in [-0.25, -0.2) is 0 Å². The molecule has 2 heteroatoms. The zero-order chi connectivity index (χ0) is 14.0. The van der Waals surface area contributed by atoms with Crippen LogP contribution in [0.4, 0.5) is 0 Å². The third-order valence-electron chi connectivity index (χ3n) is 3.20. The summed E-state index contributed by atoms with van der Waals surface area (Å²) in [7, 11) is 0. The summed E-state index contributed by atoms with van der Waals surface area (Å²) >= 11 is 0. The lowest BCUT2D eigenvalue weighted by molar-refractivity contribution is 0.1000. The molecule has 0 saturated heterocycles. The smallest absolute Gasteiger partial charge is 0.248 e. The molecular formula is C17H19NO. The number of nitrogens with two attached hydrogens (primary N) is 1. The molecule has 0 radical (unpaired) electrons. The zero-order valence-corrected chi connectivity index (χ0v) is 11.6. The molecule has 19 heavy (non-hydrogen) atoms. The molecule has 2 nitrogen and oxygen atoms in total. The van der Waals surface area contributed by atoms with E-state index < -0.39 is 0 Å². The average molecular weight is 253 g/mol. The Kier molecular flexibility index (Phi) is 3.43. The van der Waals surface area contributed by atoms with Gasteiger partial charge in [0.05, 0.1) is 0 Å². The van der Waals surface area contributed by atoms with Crippen LogP contribution >= 0.6 is 0 Å². The van der Waals surface area contributed by atoms with E-state index in [0.717, 1.165) is 16.7 Å². The van der Waals surface area contributed by atoms with Gasteiger partial charge < -0.3 is 5.73 Å². The van der Waals surface area contributed by atoms with E-state index in [1.165, 1.54) is 0 Å². The normalized spacial score (nSPS) is 11.3. The van der Waals surface area contributed by atoms with Crippen molar-refractivity contribution in [1.82, 2.24) is 0 Å². The molecule has 1 amide bonds. The van der Waals surface area contributed by atoms with Crippen molar-refractivity contribution in [3.63, 3.8) is 0 Å². The summed E-state index contributed by atoms with van der Waals surface area (Å²) in [4.78, 5) is 11.4. The lowest BCUT2D eigenvalue weighted by Crippen LogP contribution is -2.16. The fourth-order valence-corrected chi connectivity index (χ4v) is 2.19. The van der Waals surface area contributed by atoms with Crippen LogP contribution in [0.2, 0.25) is 0 Å². The number of amides is 1. The van der Waals surface area contributed by atoms with Crippen LogP contribution in [0, 0.1) is 0 Å². The maximum Gasteiger partial charge on any atom is 0.248 e. The fourth-order valence-electron chi connectivity index (χ4n) is 2.19. The summed E-state index contributed by atoms with van der Waals surface area (Å²) in [5.41, 5.74) is 9.33. The SMILES string of the molecule is CC(C)(C)c1cc(C(N)=O)ccc1-c1ccccc1. The van der Waals surface area contributed by atoms with Crippen molar-refractivity contribution in [2.45, 2.75) is 26.2 Å². The van der Waals surface area contributed by atoms with Gasteiger partial charge in [-0.1, -0.05) is 57.2 Å². The number of rotatable bonds is 2. The van der Waals surface area contributed by atoms with Crippen molar-refractivity contribution < 1.29 is 4.79 Å². The fraction of sp³-hybridized carbons (Fsp3) is 0.235. The van der Waals surface area contributed by atoms with Gasteiger partial charge in [0.25, 0.3) is 0 Å². The molecule has 2 aromatic rings. The van der Waals surface area contributed by atoms with Crippen LogP contribution in [0.5, 0.6) is 0 Å². The first kappa shape index (κ1) is 13.3. The Morgan fingerprint density at radius 2 is 1.63 bits per heavy atom. The van der Waals surface area contributed by atoms with Gasteiger partial charge in [0.2, 0.25) is 5.91 Å². The molecule has 98 valence electrons. The van der Waals surface area contributed by atoms with E-state index in [9.17, 15) is 4.79 Å². The Morgan fingerprint density at radius 3 is 2.16 bits per heavy atom. The van der Waals surface area contributed by atoms with E-state index in [1.54, 1.807) is 6.07 Å². The van der Waals surface area contributed by atoms with E-state index in [2.05, 4.69) is 32.9 Å². The third kappa shape index (κ3) is 2.84. The topological polar surface area (TPSA) is 43.1 Å². The Hall–Kier alpha value is -2.09. The summed E-state index contributed by atoms with van der Waals surface area (Å²) in [5.74, 6) is -0.384. The molecule has 0 aliphatic heterocycles. The highest BCUT2D eigenvalue weighted by atomic mass is 16.1. The van der Waals surface area contributed by atoms with Crippen LogP contribution in [-0.2, 0) is 5.41 Å². The van der Waals surface area contributed by atoms with Crippen LogP contribution < -0.4 is 5.73 Å².